The van der Waals surface area contributed by atoms with Crippen LogP contribution in [0.3, 0.4) is 0 Å². The molecule has 1 aliphatic heterocycles. The first-order valence-corrected chi connectivity index (χ1v) is 7.93. The van der Waals surface area contributed by atoms with E-state index in [-0.39, 0.29) is 18.4 Å². The number of hydrogen-bond donors (Lipinski definition) is 1. The summed E-state index contributed by atoms with van der Waals surface area (Å²) in [5.74, 6) is 1.73. The van der Waals surface area contributed by atoms with Crippen molar-refractivity contribution in [2.75, 3.05) is 30.6 Å². The Morgan fingerprint density at radius 2 is 2.04 bits per heavy atom. The number of benzene rings is 1. The average molecular weight is 328 g/mol. The van der Waals surface area contributed by atoms with Crippen LogP contribution in [0.2, 0.25) is 0 Å². The van der Waals surface area contributed by atoms with Crippen molar-refractivity contribution < 1.29 is 14.3 Å². The van der Waals surface area contributed by atoms with E-state index in [0.29, 0.717) is 17.2 Å². The summed E-state index contributed by atoms with van der Waals surface area (Å²) in [4.78, 5) is 14.3. The number of anilines is 2. The lowest BCUT2D eigenvalue weighted by Gasteiger charge is -2.16. The van der Waals surface area contributed by atoms with E-state index in [0.717, 1.165) is 25.2 Å². The smallest absolute Gasteiger partial charge is 0.276 e. The van der Waals surface area contributed by atoms with Gasteiger partial charge in [-0.1, -0.05) is 13.3 Å². The minimum Gasteiger partial charge on any atom is -0.454 e. The maximum Gasteiger partial charge on any atom is 0.276 e. The van der Waals surface area contributed by atoms with Gasteiger partial charge in [-0.2, -0.15) is 0 Å². The van der Waals surface area contributed by atoms with E-state index < -0.39 is 0 Å². The Labute approximate surface area is 140 Å². The van der Waals surface area contributed by atoms with E-state index >= 15 is 0 Å². The highest BCUT2D eigenvalue weighted by atomic mass is 16.7. The van der Waals surface area contributed by atoms with Crippen LogP contribution in [0.1, 0.15) is 30.3 Å². The van der Waals surface area contributed by atoms with Gasteiger partial charge in [-0.15, -0.1) is 10.2 Å². The van der Waals surface area contributed by atoms with Crippen LogP contribution in [0, 0.1) is 0 Å². The fourth-order valence-electron chi connectivity index (χ4n) is 2.33. The van der Waals surface area contributed by atoms with E-state index in [9.17, 15) is 4.79 Å². The Bertz CT molecular complexity index is 718. The number of unbranched alkanes of at least 4 members (excludes halogenated alkanes) is 1. The monoisotopic (exact) mass is 328 g/mol. The molecule has 0 saturated carbocycles. The average Bonchev–Trinajstić information content (AvgIpc) is 3.07. The van der Waals surface area contributed by atoms with Crippen LogP contribution in [0.15, 0.2) is 30.3 Å². The highest BCUT2D eigenvalue weighted by Crippen LogP contribution is 2.34. The SMILES string of the molecule is CCCCN(C)c1ccc(C(=O)Nc2ccc3c(c2)OCO3)nn1. The quantitative estimate of drug-likeness (QED) is 0.878. The van der Waals surface area contributed by atoms with Crippen molar-refractivity contribution in [3.8, 4) is 11.5 Å². The van der Waals surface area contributed by atoms with Crippen LogP contribution in [0.25, 0.3) is 0 Å². The van der Waals surface area contributed by atoms with Crippen LogP contribution in [0.4, 0.5) is 11.5 Å². The molecular weight excluding hydrogens is 308 g/mol. The van der Waals surface area contributed by atoms with Gasteiger partial charge in [-0.05, 0) is 30.7 Å². The third-order valence-corrected chi connectivity index (χ3v) is 3.75. The second-order valence-corrected chi connectivity index (χ2v) is 5.57. The van der Waals surface area contributed by atoms with Gasteiger partial charge in [-0.25, -0.2) is 0 Å². The Balaban J connectivity index is 1.64. The van der Waals surface area contributed by atoms with E-state index in [1.807, 2.05) is 11.9 Å². The normalized spacial score (nSPS) is 12.1. The summed E-state index contributed by atoms with van der Waals surface area (Å²) in [5, 5.41) is 10.9. The predicted octanol–water partition coefficient (Wildman–Crippen LogP) is 2.69. The lowest BCUT2D eigenvalue weighted by atomic mass is 10.2. The molecule has 126 valence electrons. The molecular formula is C17H20N4O3. The van der Waals surface area contributed by atoms with Crippen molar-refractivity contribution in [2.24, 2.45) is 0 Å². The summed E-state index contributed by atoms with van der Waals surface area (Å²) in [6.07, 6.45) is 2.21. The van der Waals surface area contributed by atoms with Gasteiger partial charge in [-0.3, -0.25) is 4.79 Å². The van der Waals surface area contributed by atoms with Crippen molar-refractivity contribution in [2.45, 2.75) is 19.8 Å². The Morgan fingerprint density at radius 3 is 2.79 bits per heavy atom. The summed E-state index contributed by atoms with van der Waals surface area (Å²) in [5.41, 5.74) is 0.885. The van der Waals surface area contributed by atoms with Gasteiger partial charge >= 0.3 is 0 Å². The van der Waals surface area contributed by atoms with Gasteiger partial charge in [0.05, 0.1) is 0 Å². The Kier molecular flexibility index (Phi) is 4.79. The molecule has 1 aliphatic rings. The third kappa shape index (κ3) is 3.56. The molecule has 1 amide bonds. The summed E-state index contributed by atoms with van der Waals surface area (Å²) in [6, 6.07) is 8.71. The van der Waals surface area contributed by atoms with Crippen molar-refractivity contribution >= 4 is 17.4 Å². The third-order valence-electron chi connectivity index (χ3n) is 3.75. The van der Waals surface area contributed by atoms with Crippen molar-refractivity contribution in [3.63, 3.8) is 0 Å². The minimum absolute atomic E-state index is 0.200. The number of fused-ring (bicyclic) bond motifs is 1. The van der Waals surface area contributed by atoms with Gasteiger partial charge in [0.15, 0.2) is 23.0 Å². The first-order valence-electron chi connectivity index (χ1n) is 7.93. The van der Waals surface area contributed by atoms with Crippen LogP contribution >= 0.6 is 0 Å². The zero-order chi connectivity index (χ0) is 16.9. The maximum absolute atomic E-state index is 12.3. The molecule has 24 heavy (non-hydrogen) atoms. The molecule has 0 spiro atoms. The zero-order valence-electron chi connectivity index (χ0n) is 13.8. The number of rotatable bonds is 6. The highest BCUT2D eigenvalue weighted by molar-refractivity contribution is 6.03. The minimum atomic E-state index is -0.316. The number of amides is 1. The van der Waals surface area contributed by atoms with Crippen molar-refractivity contribution in [1.82, 2.24) is 10.2 Å². The number of hydrogen-bond acceptors (Lipinski definition) is 6. The molecule has 7 nitrogen and oxygen atoms in total. The lowest BCUT2D eigenvalue weighted by Crippen LogP contribution is -2.21. The maximum atomic E-state index is 12.3. The molecule has 1 N–H and O–H groups in total. The molecule has 0 aliphatic carbocycles. The standard InChI is InChI=1S/C17H20N4O3/c1-3-4-9-21(2)16-8-6-13(19-20-16)17(22)18-12-5-7-14-15(10-12)24-11-23-14/h5-8,10H,3-4,9,11H2,1-2H3,(H,18,22). The number of carbonyl (C=O) groups is 1. The van der Waals surface area contributed by atoms with E-state index in [1.54, 1.807) is 30.3 Å². The van der Waals surface area contributed by atoms with Crippen molar-refractivity contribution in [1.29, 1.82) is 0 Å². The fourth-order valence-corrected chi connectivity index (χ4v) is 2.33. The van der Waals surface area contributed by atoms with Gasteiger partial charge < -0.3 is 19.7 Å². The van der Waals surface area contributed by atoms with Gasteiger partial charge in [0.1, 0.15) is 0 Å². The van der Waals surface area contributed by atoms with E-state index in [2.05, 4.69) is 22.4 Å². The molecule has 0 atom stereocenters. The Hall–Kier alpha value is -2.83. The first-order chi connectivity index (χ1) is 11.7. The molecule has 3 rings (SSSR count). The van der Waals surface area contributed by atoms with Crippen LogP contribution < -0.4 is 19.7 Å². The second-order valence-electron chi connectivity index (χ2n) is 5.57. The molecule has 0 saturated heterocycles. The topological polar surface area (TPSA) is 76.6 Å². The number of aromatic nitrogens is 2. The van der Waals surface area contributed by atoms with Crippen molar-refractivity contribution in [3.05, 3.63) is 36.0 Å². The predicted molar refractivity (Wildman–Crippen MR) is 90.7 cm³/mol. The number of nitrogens with one attached hydrogen (secondary N) is 1. The van der Waals surface area contributed by atoms with Crippen LogP contribution in [0.5, 0.6) is 11.5 Å². The van der Waals surface area contributed by atoms with Gasteiger partial charge in [0.25, 0.3) is 5.91 Å². The largest absolute Gasteiger partial charge is 0.454 e. The molecule has 0 bridgehead atoms. The fraction of sp³-hybridized carbons (Fsp3) is 0.353. The zero-order valence-corrected chi connectivity index (χ0v) is 13.8. The lowest BCUT2D eigenvalue weighted by molar-refractivity contribution is 0.102. The summed E-state index contributed by atoms with van der Waals surface area (Å²) < 4.78 is 10.5. The molecule has 1 aromatic heterocycles. The number of carbonyl (C=O) groups excluding carboxylic acids is 1. The van der Waals surface area contributed by atoms with Crippen LogP contribution in [-0.2, 0) is 0 Å². The van der Waals surface area contributed by atoms with E-state index in [1.165, 1.54) is 0 Å². The first kappa shape index (κ1) is 16.0. The van der Waals surface area contributed by atoms with E-state index in [4.69, 9.17) is 9.47 Å². The second kappa shape index (κ2) is 7.16. The molecule has 0 fully saturated rings. The molecule has 7 heteroatoms. The number of nitrogens with zero attached hydrogens (tertiary/aromatic N) is 3. The Morgan fingerprint density at radius 1 is 1.21 bits per heavy atom. The summed E-state index contributed by atoms with van der Waals surface area (Å²) >= 11 is 0. The molecule has 0 unspecified atom stereocenters. The number of ether oxygens (including phenoxy) is 2. The highest BCUT2D eigenvalue weighted by Gasteiger charge is 2.15. The summed E-state index contributed by atoms with van der Waals surface area (Å²) in [6.45, 7) is 3.25. The molecule has 2 heterocycles. The van der Waals surface area contributed by atoms with Crippen LogP contribution in [-0.4, -0.2) is 36.5 Å². The summed E-state index contributed by atoms with van der Waals surface area (Å²) in [7, 11) is 1.96. The molecule has 1 aromatic carbocycles. The van der Waals surface area contributed by atoms with Gasteiger partial charge in [0, 0.05) is 25.3 Å². The van der Waals surface area contributed by atoms with Gasteiger partial charge in [0.2, 0.25) is 6.79 Å². The molecule has 2 aromatic rings. The molecule has 0 radical (unpaired) electrons.